The first kappa shape index (κ1) is 14.1. The second-order valence-corrected chi connectivity index (χ2v) is 4.36. The van der Waals surface area contributed by atoms with Crippen LogP contribution in [0.15, 0.2) is 34.7 Å². The topological polar surface area (TPSA) is 48.7 Å². The number of halogens is 1. The molecule has 0 radical (unpaired) electrons. The number of esters is 1. The van der Waals surface area contributed by atoms with Gasteiger partial charge in [-0.3, -0.25) is 0 Å². The van der Waals surface area contributed by atoms with Gasteiger partial charge >= 0.3 is 5.97 Å². The van der Waals surface area contributed by atoms with Crippen LogP contribution in [-0.2, 0) is 4.74 Å². The van der Waals surface area contributed by atoms with E-state index in [1.54, 1.807) is 32.0 Å². The van der Waals surface area contributed by atoms with Gasteiger partial charge in [0.05, 0.1) is 7.11 Å². The van der Waals surface area contributed by atoms with Gasteiger partial charge in [0.25, 0.3) is 0 Å². The van der Waals surface area contributed by atoms with Crippen molar-refractivity contribution >= 4 is 5.97 Å². The molecule has 0 saturated heterocycles. The number of rotatable bonds is 4. The average molecular weight is 278 g/mol. The molecule has 4 nitrogen and oxygen atoms in total. The quantitative estimate of drug-likeness (QED) is 0.801. The molecular formula is C15H15FO4. The van der Waals surface area contributed by atoms with Crippen LogP contribution in [0.1, 0.15) is 34.9 Å². The number of furan rings is 1. The fraction of sp³-hybridized carbons (Fsp3) is 0.267. The Morgan fingerprint density at radius 1 is 1.30 bits per heavy atom. The molecule has 0 fully saturated rings. The first-order valence-electron chi connectivity index (χ1n) is 6.12. The summed E-state index contributed by atoms with van der Waals surface area (Å²) in [6.45, 7) is 3.43. The highest BCUT2D eigenvalue weighted by Gasteiger charge is 2.16. The van der Waals surface area contributed by atoms with Crippen LogP contribution in [-0.4, -0.2) is 13.1 Å². The number of carbonyl (C=O) groups is 1. The maximum atomic E-state index is 13.4. The highest BCUT2D eigenvalue weighted by atomic mass is 19.1. The number of hydrogen-bond acceptors (Lipinski definition) is 4. The van der Waals surface area contributed by atoms with Gasteiger partial charge in [-0.15, -0.1) is 0 Å². The zero-order valence-electron chi connectivity index (χ0n) is 11.5. The molecule has 0 aliphatic rings. The third-order valence-corrected chi connectivity index (χ3v) is 2.87. The summed E-state index contributed by atoms with van der Waals surface area (Å²) in [5.74, 6) is 0.0882. The van der Waals surface area contributed by atoms with E-state index in [1.807, 2.05) is 0 Å². The number of benzene rings is 1. The van der Waals surface area contributed by atoms with Gasteiger partial charge in [-0.25, -0.2) is 9.18 Å². The summed E-state index contributed by atoms with van der Waals surface area (Å²) in [5, 5.41) is 0. The number of hydrogen-bond donors (Lipinski definition) is 0. The maximum Gasteiger partial charge on any atom is 0.373 e. The Labute approximate surface area is 116 Å². The molecule has 0 amide bonds. The molecule has 0 aliphatic heterocycles. The van der Waals surface area contributed by atoms with Crippen molar-refractivity contribution in [3.63, 3.8) is 0 Å². The first-order valence-corrected chi connectivity index (χ1v) is 6.12. The van der Waals surface area contributed by atoms with E-state index in [9.17, 15) is 9.18 Å². The summed E-state index contributed by atoms with van der Waals surface area (Å²) in [6.07, 6.45) is -0.449. The monoisotopic (exact) mass is 278 g/mol. The van der Waals surface area contributed by atoms with Crippen molar-refractivity contribution in [1.82, 2.24) is 0 Å². The molecule has 0 spiro atoms. The molecular weight excluding hydrogens is 263 g/mol. The Morgan fingerprint density at radius 2 is 2.05 bits per heavy atom. The van der Waals surface area contributed by atoms with Gasteiger partial charge in [-0.1, -0.05) is 6.07 Å². The Balaban J connectivity index is 2.11. The second kappa shape index (κ2) is 5.77. The Kier molecular flexibility index (Phi) is 4.08. The van der Waals surface area contributed by atoms with E-state index < -0.39 is 12.1 Å². The molecule has 106 valence electrons. The predicted molar refractivity (Wildman–Crippen MR) is 70.2 cm³/mol. The van der Waals surface area contributed by atoms with Crippen LogP contribution in [0, 0.1) is 12.7 Å². The Bertz CT molecular complexity index is 618. The summed E-state index contributed by atoms with van der Waals surface area (Å²) in [7, 11) is 1.28. The lowest BCUT2D eigenvalue weighted by Gasteiger charge is -2.12. The molecule has 2 aromatic rings. The zero-order valence-corrected chi connectivity index (χ0v) is 11.5. The van der Waals surface area contributed by atoms with Crippen molar-refractivity contribution in [2.75, 3.05) is 7.11 Å². The van der Waals surface area contributed by atoms with E-state index in [-0.39, 0.29) is 11.6 Å². The molecule has 0 N–H and O–H groups in total. The third-order valence-electron chi connectivity index (χ3n) is 2.87. The van der Waals surface area contributed by atoms with Gasteiger partial charge < -0.3 is 13.9 Å². The van der Waals surface area contributed by atoms with Crippen molar-refractivity contribution in [2.24, 2.45) is 0 Å². The van der Waals surface area contributed by atoms with Crippen molar-refractivity contribution in [1.29, 1.82) is 0 Å². The SMILES string of the molecule is COC(=O)c1ccc(C(C)Oc2ccc(C)c(F)c2)o1. The molecule has 1 heterocycles. The predicted octanol–water partition coefficient (Wildman–Crippen LogP) is 3.65. The third kappa shape index (κ3) is 2.99. The van der Waals surface area contributed by atoms with Crippen molar-refractivity contribution < 1.29 is 23.1 Å². The minimum atomic E-state index is -0.551. The largest absolute Gasteiger partial charge is 0.483 e. The van der Waals surface area contributed by atoms with E-state index in [0.29, 0.717) is 17.1 Å². The zero-order chi connectivity index (χ0) is 14.7. The fourth-order valence-electron chi connectivity index (χ4n) is 1.69. The fourth-order valence-corrected chi connectivity index (χ4v) is 1.69. The standard InChI is InChI=1S/C15H15FO4/c1-9-4-5-11(8-12(9)16)19-10(2)13-6-7-14(20-13)15(17)18-3/h4-8,10H,1-3H3. The molecule has 0 saturated carbocycles. The molecule has 1 aromatic heterocycles. The lowest BCUT2D eigenvalue weighted by atomic mass is 10.2. The number of ether oxygens (including phenoxy) is 2. The summed E-state index contributed by atoms with van der Waals surface area (Å²) in [4.78, 5) is 11.3. The lowest BCUT2D eigenvalue weighted by Crippen LogP contribution is -2.03. The molecule has 1 aromatic carbocycles. The maximum absolute atomic E-state index is 13.4. The average Bonchev–Trinajstić information content (AvgIpc) is 2.92. The van der Waals surface area contributed by atoms with Crippen LogP contribution in [0.3, 0.4) is 0 Å². The van der Waals surface area contributed by atoms with Crippen LogP contribution >= 0.6 is 0 Å². The van der Waals surface area contributed by atoms with E-state index in [1.165, 1.54) is 19.2 Å². The van der Waals surface area contributed by atoms with Crippen molar-refractivity contribution in [3.05, 3.63) is 53.2 Å². The number of methoxy groups -OCH3 is 1. The summed E-state index contributed by atoms with van der Waals surface area (Å²) in [5.41, 5.74) is 0.552. The molecule has 0 bridgehead atoms. The van der Waals surface area contributed by atoms with Gasteiger partial charge in [-0.05, 0) is 37.6 Å². The van der Waals surface area contributed by atoms with Crippen molar-refractivity contribution in [2.45, 2.75) is 20.0 Å². The lowest BCUT2D eigenvalue weighted by molar-refractivity contribution is 0.0558. The van der Waals surface area contributed by atoms with Crippen LogP contribution < -0.4 is 4.74 Å². The molecule has 2 rings (SSSR count). The van der Waals surface area contributed by atoms with Crippen LogP contribution in [0.2, 0.25) is 0 Å². The molecule has 5 heteroatoms. The Morgan fingerprint density at radius 3 is 2.70 bits per heavy atom. The van der Waals surface area contributed by atoms with E-state index in [0.717, 1.165) is 0 Å². The molecule has 0 aliphatic carbocycles. The molecule has 1 unspecified atom stereocenters. The second-order valence-electron chi connectivity index (χ2n) is 4.36. The minimum Gasteiger partial charge on any atom is -0.483 e. The highest BCUT2D eigenvalue weighted by molar-refractivity contribution is 5.86. The van der Waals surface area contributed by atoms with E-state index >= 15 is 0 Å². The smallest absolute Gasteiger partial charge is 0.373 e. The van der Waals surface area contributed by atoms with Gasteiger partial charge in [0.15, 0.2) is 6.10 Å². The molecule has 1 atom stereocenters. The molecule has 20 heavy (non-hydrogen) atoms. The van der Waals surface area contributed by atoms with Crippen LogP contribution in [0.5, 0.6) is 5.75 Å². The Hall–Kier alpha value is -2.30. The highest BCUT2D eigenvalue weighted by Crippen LogP contribution is 2.25. The summed E-state index contributed by atoms with van der Waals surface area (Å²) < 4.78 is 28.9. The number of aryl methyl sites for hydroxylation is 1. The normalized spacial score (nSPS) is 12.0. The summed E-state index contributed by atoms with van der Waals surface area (Å²) >= 11 is 0. The van der Waals surface area contributed by atoms with Gasteiger partial charge in [-0.2, -0.15) is 0 Å². The summed E-state index contributed by atoms with van der Waals surface area (Å²) in [6, 6.07) is 7.77. The first-order chi connectivity index (χ1) is 9.51. The van der Waals surface area contributed by atoms with Gasteiger partial charge in [0, 0.05) is 6.07 Å². The van der Waals surface area contributed by atoms with Crippen LogP contribution in [0.25, 0.3) is 0 Å². The minimum absolute atomic E-state index is 0.105. The van der Waals surface area contributed by atoms with Gasteiger partial charge in [0.1, 0.15) is 17.3 Å². The van der Waals surface area contributed by atoms with Crippen LogP contribution in [0.4, 0.5) is 4.39 Å². The van der Waals surface area contributed by atoms with E-state index in [4.69, 9.17) is 9.15 Å². The van der Waals surface area contributed by atoms with Crippen molar-refractivity contribution in [3.8, 4) is 5.75 Å². The number of carbonyl (C=O) groups excluding carboxylic acids is 1. The van der Waals surface area contributed by atoms with Gasteiger partial charge in [0.2, 0.25) is 5.76 Å². The van der Waals surface area contributed by atoms with E-state index in [2.05, 4.69) is 4.74 Å².